The third-order valence-electron chi connectivity index (χ3n) is 3.98. The Labute approximate surface area is 216 Å². The van der Waals surface area contributed by atoms with Gasteiger partial charge in [0.15, 0.2) is 0 Å². The molecule has 5 rings (SSSR count). The first kappa shape index (κ1) is 27.8. The molecule has 0 aromatic carbocycles. The number of carbonyl (C=O) groups is 1. The standard InChI is InChI=1S/C6H8N2OS.C6H6N2S.C6H9NS.C5H7NS/c1-5-2-8-6(10-5)3-7-4-9;1-5-3-8-4-7-2-6(8)9-5;1-3-6-7-4-5(2)8-6;1-2-5-6-3-4-7-5/h2,4H,3H2,1H3,(H,7,9);2-4H,1H3;4H,3H2,1-2H3;3-4H,2H2,1H3. The van der Waals surface area contributed by atoms with E-state index in [-0.39, 0.29) is 0 Å². The van der Waals surface area contributed by atoms with Crippen LogP contribution >= 0.6 is 45.3 Å². The Balaban J connectivity index is 0.000000161. The lowest BCUT2D eigenvalue weighted by Crippen LogP contribution is -2.08. The van der Waals surface area contributed by atoms with Gasteiger partial charge in [-0.15, -0.1) is 45.3 Å². The lowest BCUT2D eigenvalue weighted by atomic mass is 10.5. The number of rotatable bonds is 5. The van der Waals surface area contributed by atoms with E-state index in [1.54, 1.807) is 51.5 Å². The maximum atomic E-state index is 9.85. The molecule has 1 amide bonds. The van der Waals surface area contributed by atoms with Crippen molar-refractivity contribution in [2.45, 2.75) is 54.0 Å². The zero-order valence-electron chi connectivity index (χ0n) is 20.0. The Morgan fingerprint density at radius 1 is 0.882 bits per heavy atom. The van der Waals surface area contributed by atoms with Crippen molar-refractivity contribution in [1.29, 1.82) is 0 Å². The first-order valence-corrected chi connectivity index (χ1v) is 14.0. The van der Waals surface area contributed by atoms with Crippen LogP contribution in [0.4, 0.5) is 0 Å². The molecule has 0 saturated heterocycles. The van der Waals surface area contributed by atoms with E-state index in [0.717, 1.165) is 17.8 Å². The molecule has 0 aliphatic rings. The van der Waals surface area contributed by atoms with E-state index in [2.05, 4.69) is 59.1 Å². The number of imidazole rings is 1. The molecule has 0 radical (unpaired) electrons. The summed E-state index contributed by atoms with van der Waals surface area (Å²) in [4.78, 5) is 31.1. The highest BCUT2D eigenvalue weighted by Gasteiger charge is 1.95. The molecule has 5 aromatic rings. The summed E-state index contributed by atoms with van der Waals surface area (Å²) in [5.74, 6) is 0. The van der Waals surface area contributed by atoms with E-state index in [4.69, 9.17) is 0 Å². The minimum Gasteiger partial charge on any atom is -0.352 e. The summed E-state index contributed by atoms with van der Waals surface area (Å²) in [6, 6.07) is 0. The van der Waals surface area contributed by atoms with Gasteiger partial charge in [-0.2, -0.15) is 0 Å². The van der Waals surface area contributed by atoms with Crippen LogP contribution in [0.5, 0.6) is 0 Å². The summed E-state index contributed by atoms with van der Waals surface area (Å²) in [6.45, 7) is 10.9. The van der Waals surface area contributed by atoms with Crippen LogP contribution in [-0.2, 0) is 24.2 Å². The molecule has 0 aliphatic heterocycles. The van der Waals surface area contributed by atoms with Gasteiger partial charge in [-0.25, -0.2) is 19.9 Å². The summed E-state index contributed by atoms with van der Waals surface area (Å²) in [5.41, 5.74) is 0. The molecule has 7 nitrogen and oxygen atoms in total. The number of hydrogen-bond donors (Lipinski definition) is 1. The Morgan fingerprint density at radius 2 is 1.56 bits per heavy atom. The molecule has 0 unspecified atom stereocenters. The quantitative estimate of drug-likeness (QED) is 0.275. The van der Waals surface area contributed by atoms with E-state index in [1.807, 2.05) is 41.6 Å². The normalized spacial score (nSPS) is 9.79. The molecular weight excluding hydrogens is 505 g/mol. The highest BCUT2D eigenvalue weighted by molar-refractivity contribution is 7.17. The average molecular weight is 535 g/mol. The second-order valence-corrected chi connectivity index (χ2v) is 11.7. The highest BCUT2D eigenvalue weighted by atomic mass is 32.1. The van der Waals surface area contributed by atoms with Crippen LogP contribution in [0.2, 0.25) is 0 Å². The molecule has 1 N–H and O–H groups in total. The molecule has 0 fully saturated rings. The number of thiazole rings is 4. The first-order chi connectivity index (χ1) is 16.4. The molecule has 0 atom stereocenters. The molecule has 0 spiro atoms. The van der Waals surface area contributed by atoms with Crippen molar-refractivity contribution in [3.8, 4) is 0 Å². The number of fused-ring (bicyclic) bond motifs is 1. The van der Waals surface area contributed by atoms with Crippen LogP contribution in [0.3, 0.4) is 0 Å². The molecular formula is C23H30N6OS4. The maximum absolute atomic E-state index is 9.85. The van der Waals surface area contributed by atoms with Crippen LogP contribution < -0.4 is 5.32 Å². The average Bonchev–Trinajstić information content (AvgIpc) is 3.64. The molecule has 0 aliphatic carbocycles. The summed E-state index contributed by atoms with van der Waals surface area (Å²) < 4.78 is 2.03. The number of nitrogens with one attached hydrogen (secondary N) is 1. The molecule has 5 heterocycles. The van der Waals surface area contributed by atoms with Gasteiger partial charge in [-0.3, -0.25) is 9.20 Å². The van der Waals surface area contributed by atoms with Crippen molar-refractivity contribution in [3.05, 3.63) is 72.3 Å². The monoisotopic (exact) mass is 534 g/mol. The van der Waals surface area contributed by atoms with E-state index < -0.39 is 0 Å². The molecule has 5 aromatic heterocycles. The van der Waals surface area contributed by atoms with Gasteiger partial charge < -0.3 is 5.32 Å². The van der Waals surface area contributed by atoms with E-state index in [0.29, 0.717) is 13.0 Å². The number of aromatic nitrogens is 5. The number of hydrogen-bond acceptors (Lipinski definition) is 9. The maximum Gasteiger partial charge on any atom is 0.207 e. The van der Waals surface area contributed by atoms with E-state index in [1.165, 1.54) is 29.5 Å². The Kier molecular flexibility index (Phi) is 12.6. The van der Waals surface area contributed by atoms with Crippen LogP contribution in [0.1, 0.15) is 43.5 Å². The molecule has 34 heavy (non-hydrogen) atoms. The second kappa shape index (κ2) is 15.4. The molecule has 11 heteroatoms. The van der Waals surface area contributed by atoms with Gasteiger partial charge >= 0.3 is 0 Å². The van der Waals surface area contributed by atoms with Crippen molar-refractivity contribution in [3.63, 3.8) is 0 Å². The predicted molar refractivity (Wildman–Crippen MR) is 145 cm³/mol. The second-order valence-electron chi connectivity index (χ2n) is 6.84. The fourth-order valence-corrected chi connectivity index (χ4v) is 5.31. The summed E-state index contributed by atoms with van der Waals surface area (Å²) in [5, 5.41) is 7.95. The topological polar surface area (TPSA) is 85.1 Å². The van der Waals surface area contributed by atoms with Crippen LogP contribution in [0.15, 0.2) is 42.7 Å². The van der Waals surface area contributed by atoms with Gasteiger partial charge in [0.2, 0.25) is 6.41 Å². The SMILES string of the molecule is CCc1ncc(C)s1.CCc1nccs1.Cc1cn2cncc2s1.Cc1cnc(CNC=O)s1. The number of aryl methyl sites for hydroxylation is 5. The minimum atomic E-state index is 0.544. The third-order valence-corrected chi connectivity index (χ3v) is 7.83. The largest absolute Gasteiger partial charge is 0.352 e. The van der Waals surface area contributed by atoms with Gasteiger partial charge in [-0.1, -0.05) is 13.8 Å². The zero-order valence-corrected chi connectivity index (χ0v) is 23.3. The molecule has 0 bridgehead atoms. The van der Waals surface area contributed by atoms with Gasteiger partial charge in [0.25, 0.3) is 0 Å². The first-order valence-electron chi connectivity index (χ1n) is 10.7. The van der Waals surface area contributed by atoms with Crippen LogP contribution in [-0.4, -0.2) is 30.7 Å². The fourth-order valence-electron chi connectivity index (χ4n) is 2.46. The summed E-state index contributed by atoms with van der Waals surface area (Å²) >= 11 is 6.84. The number of nitrogens with zero attached hydrogens (tertiary/aromatic N) is 5. The Morgan fingerprint density at radius 3 is 2.00 bits per heavy atom. The fraction of sp³-hybridized carbons (Fsp3) is 0.348. The lowest BCUT2D eigenvalue weighted by molar-refractivity contribution is -0.109. The van der Waals surface area contributed by atoms with Gasteiger partial charge in [0.05, 0.1) is 29.1 Å². The van der Waals surface area contributed by atoms with Gasteiger partial charge in [0, 0.05) is 44.8 Å². The van der Waals surface area contributed by atoms with Crippen molar-refractivity contribution in [2.24, 2.45) is 0 Å². The Hall–Kier alpha value is -2.47. The molecule has 0 saturated carbocycles. The lowest BCUT2D eigenvalue weighted by Gasteiger charge is -1.89. The van der Waals surface area contributed by atoms with Crippen LogP contribution in [0, 0.1) is 20.8 Å². The summed E-state index contributed by atoms with van der Waals surface area (Å²) in [7, 11) is 0. The van der Waals surface area contributed by atoms with E-state index >= 15 is 0 Å². The number of amides is 1. The van der Waals surface area contributed by atoms with E-state index in [9.17, 15) is 4.79 Å². The molecule has 182 valence electrons. The number of carbonyl (C=O) groups excluding carboxylic acids is 1. The Bertz CT molecular complexity index is 1180. The highest BCUT2D eigenvalue weighted by Crippen LogP contribution is 2.15. The smallest absolute Gasteiger partial charge is 0.207 e. The van der Waals surface area contributed by atoms with Crippen LogP contribution in [0.25, 0.3) is 4.83 Å². The van der Waals surface area contributed by atoms with Gasteiger partial charge in [0.1, 0.15) is 9.84 Å². The third kappa shape index (κ3) is 10.2. The van der Waals surface area contributed by atoms with Crippen molar-refractivity contribution >= 4 is 56.6 Å². The summed E-state index contributed by atoms with van der Waals surface area (Å²) in [6.07, 6.45) is 14.1. The predicted octanol–water partition coefficient (Wildman–Crippen LogP) is 6.12. The van der Waals surface area contributed by atoms with Crippen molar-refractivity contribution in [1.82, 2.24) is 29.7 Å². The van der Waals surface area contributed by atoms with Crippen molar-refractivity contribution < 1.29 is 4.79 Å². The van der Waals surface area contributed by atoms with Gasteiger partial charge in [-0.05, 0) is 33.6 Å². The zero-order chi connectivity index (χ0) is 24.8. The minimum absolute atomic E-state index is 0.544. The van der Waals surface area contributed by atoms with Crippen molar-refractivity contribution in [2.75, 3.05) is 0 Å².